The van der Waals surface area contributed by atoms with Crippen molar-refractivity contribution in [3.8, 4) is 11.4 Å². The maximum atomic E-state index is 5.44. The van der Waals surface area contributed by atoms with E-state index in [9.17, 15) is 0 Å². The molecule has 21 heavy (non-hydrogen) atoms. The second kappa shape index (κ2) is 4.86. The molecule has 0 aliphatic carbocycles. The number of fused-ring (bicyclic) bond motifs is 1. The number of aromatic nitrogens is 3. The molecule has 0 saturated carbocycles. The SMILES string of the molecule is Cn1cc(-c2noc(C3=CCCNC3)n2)c2ccccc21. The van der Waals surface area contributed by atoms with Crippen LogP contribution in [0.5, 0.6) is 0 Å². The van der Waals surface area contributed by atoms with Crippen LogP contribution in [0.25, 0.3) is 27.9 Å². The van der Waals surface area contributed by atoms with Gasteiger partial charge in [-0.3, -0.25) is 0 Å². The van der Waals surface area contributed by atoms with Crippen LogP contribution in [0.15, 0.2) is 41.1 Å². The van der Waals surface area contributed by atoms with Crippen molar-refractivity contribution >= 4 is 16.5 Å². The van der Waals surface area contributed by atoms with E-state index in [2.05, 4.69) is 38.2 Å². The average molecular weight is 280 g/mol. The number of hydrogen-bond acceptors (Lipinski definition) is 4. The Balaban J connectivity index is 1.79. The minimum atomic E-state index is 0.616. The molecule has 3 aromatic rings. The second-order valence-corrected chi connectivity index (χ2v) is 5.29. The molecule has 0 bridgehead atoms. The fourth-order valence-corrected chi connectivity index (χ4v) is 2.79. The van der Waals surface area contributed by atoms with E-state index in [4.69, 9.17) is 4.52 Å². The molecule has 2 aromatic heterocycles. The zero-order chi connectivity index (χ0) is 14.2. The molecule has 1 aromatic carbocycles. The van der Waals surface area contributed by atoms with E-state index in [1.165, 1.54) is 0 Å². The Kier molecular flexibility index (Phi) is 2.86. The molecule has 0 fully saturated rings. The predicted octanol–water partition coefficient (Wildman–Crippen LogP) is 2.61. The topological polar surface area (TPSA) is 55.9 Å². The first-order valence-electron chi connectivity index (χ1n) is 7.11. The Bertz CT molecular complexity index is 828. The van der Waals surface area contributed by atoms with E-state index >= 15 is 0 Å². The molecule has 106 valence electrons. The van der Waals surface area contributed by atoms with Gasteiger partial charge < -0.3 is 14.4 Å². The number of benzene rings is 1. The fraction of sp³-hybridized carbons (Fsp3) is 0.250. The zero-order valence-corrected chi connectivity index (χ0v) is 11.8. The van der Waals surface area contributed by atoms with Crippen LogP contribution < -0.4 is 5.32 Å². The van der Waals surface area contributed by atoms with Crippen molar-refractivity contribution in [1.82, 2.24) is 20.0 Å². The molecular weight excluding hydrogens is 264 g/mol. The average Bonchev–Trinajstić information content (AvgIpc) is 3.14. The summed E-state index contributed by atoms with van der Waals surface area (Å²) in [6, 6.07) is 8.24. The summed E-state index contributed by atoms with van der Waals surface area (Å²) in [6.45, 7) is 1.80. The van der Waals surface area contributed by atoms with Gasteiger partial charge in [0, 0.05) is 41.8 Å². The third kappa shape index (κ3) is 2.06. The Morgan fingerprint density at radius 2 is 2.19 bits per heavy atom. The van der Waals surface area contributed by atoms with E-state index in [0.29, 0.717) is 11.7 Å². The van der Waals surface area contributed by atoms with E-state index in [0.717, 1.165) is 41.5 Å². The van der Waals surface area contributed by atoms with Crippen molar-refractivity contribution in [3.05, 3.63) is 42.4 Å². The largest absolute Gasteiger partial charge is 0.350 e. The second-order valence-electron chi connectivity index (χ2n) is 5.29. The van der Waals surface area contributed by atoms with Crippen molar-refractivity contribution in [2.24, 2.45) is 7.05 Å². The van der Waals surface area contributed by atoms with Crippen LogP contribution in [-0.2, 0) is 7.05 Å². The highest BCUT2D eigenvalue weighted by Crippen LogP contribution is 2.29. The lowest BCUT2D eigenvalue weighted by atomic mass is 10.1. The minimum absolute atomic E-state index is 0.616. The molecule has 0 unspecified atom stereocenters. The Labute approximate surface area is 122 Å². The zero-order valence-electron chi connectivity index (χ0n) is 11.8. The monoisotopic (exact) mass is 280 g/mol. The number of nitrogens with one attached hydrogen (secondary N) is 1. The van der Waals surface area contributed by atoms with Gasteiger partial charge in [-0.25, -0.2) is 0 Å². The van der Waals surface area contributed by atoms with Gasteiger partial charge in [-0.05, 0) is 19.0 Å². The lowest BCUT2D eigenvalue weighted by molar-refractivity contribution is 0.406. The number of rotatable bonds is 2. The van der Waals surface area contributed by atoms with Gasteiger partial charge in [-0.1, -0.05) is 29.4 Å². The minimum Gasteiger partial charge on any atom is -0.350 e. The smallest absolute Gasteiger partial charge is 0.255 e. The van der Waals surface area contributed by atoms with E-state index in [-0.39, 0.29) is 0 Å². The van der Waals surface area contributed by atoms with Gasteiger partial charge in [-0.2, -0.15) is 4.98 Å². The molecule has 1 aliphatic rings. The summed E-state index contributed by atoms with van der Waals surface area (Å²) in [5.41, 5.74) is 3.25. The van der Waals surface area contributed by atoms with E-state index in [1.807, 2.05) is 25.4 Å². The van der Waals surface area contributed by atoms with Crippen molar-refractivity contribution in [2.45, 2.75) is 6.42 Å². The third-order valence-electron chi connectivity index (χ3n) is 3.87. The van der Waals surface area contributed by atoms with Crippen molar-refractivity contribution in [3.63, 3.8) is 0 Å². The van der Waals surface area contributed by atoms with Crippen LogP contribution in [0.4, 0.5) is 0 Å². The Morgan fingerprint density at radius 1 is 1.29 bits per heavy atom. The molecule has 5 heteroatoms. The van der Waals surface area contributed by atoms with Crippen LogP contribution in [-0.4, -0.2) is 27.8 Å². The maximum absolute atomic E-state index is 5.44. The highest BCUT2D eigenvalue weighted by molar-refractivity contribution is 5.94. The standard InChI is InChI=1S/C16H16N4O/c1-20-10-13(12-6-2-3-7-14(12)20)15-18-16(21-19-15)11-5-4-8-17-9-11/h2-3,5-7,10,17H,4,8-9H2,1H3. The van der Waals surface area contributed by atoms with Crippen LogP contribution in [0.3, 0.4) is 0 Å². The van der Waals surface area contributed by atoms with Crippen LogP contribution in [0, 0.1) is 0 Å². The molecule has 0 atom stereocenters. The molecule has 0 saturated heterocycles. The van der Waals surface area contributed by atoms with Gasteiger partial charge in [0.15, 0.2) is 0 Å². The summed E-state index contributed by atoms with van der Waals surface area (Å²) in [4.78, 5) is 4.57. The summed E-state index contributed by atoms with van der Waals surface area (Å²) in [7, 11) is 2.03. The van der Waals surface area contributed by atoms with Crippen molar-refractivity contribution < 1.29 is 4.52 Å². The molecular formula is C16H16N4O. The molecule has 1 N–H and O–H groups in total. The van der Waals surface area contributed by atoms with Crippen LogP contribution in [0.1, 0.15) is 12.3 Å². The summed E-state index contributed by atoms with van der Waals surface area (Å²) in [5, 5.41) is 8.61. The predicted molar refractivity (Wildman–Crippen MR) is 81.7 cm³/mol. The van der Waals surface area contributed by atoms with Gasteiger partial charge >= 0.3 is 0 Å². The summed E-state index contributed by atoms with van der Waals surface area (Å²) >= 11 is 0. The number of nitrogens with zero attached hydrogens (tertiary/aromatic N) is 3. The molecule has 0 spiro atoms. The molecule has 0 amide bonds. The van der Waals surface area contributed by atoms with E-state index in [1.54, 1.807) is 0 Å². The maximum Gasteiger partial charge on any atom is 0.255 e. The number of para-hydroxylation sites is 1. The molecule has 5 nitrogen and oxygen atoms in total. The first-order valence-corrected chi connectivity index (χ1v) is 7.11. The van der Waals surface area contributed by atoms with Gasteiger partial charge in [0.1, 0.15) is 0 Å². The summed E-state index contributed by atoms with van der Waals surface area (Å²) in [6.07, 6.45) is 5.21. The van der Waals surface area contributed by atoms with Gasteiger partial charge in [-0.15, -0.1) is 0 Å². The lowest BCUT2D eigenvalue weighted by Gasteiger charge is -2.09. The van der Waals surface area contributed by atoms with Crippen molar-refractivity contribution in [1.29, 1.82) is 0 Å². The van der Waals surface area contributed by atoms with E-state index < -0.39 is 0 Å². The van der Waals surface area contributed by atoms with Crippen LogP contribution >= 0.6 is 0 Å². The van der Waals surface area contributed by atoms with Gasteiger partial charge in [0.25, 0.3) is 5.89 Å². The molecule has 4 rings (SSSR count). The van der Waals surface area contributed by atoms with Crippen LogP contribution in [0.2, 0.25) is 0 Å². The van der Waals surface area contributed by atoms with Gasteiger partial charge in [0.05, 0.1) is 0 Å². The first kappa shape index (κ1) is 12.3. The Morgan fingerprint density at radius 3 is 3.05 bits per heavy atom. The third-order valence-corrected chi connectivity index (χ3v) is 3.87. The van der Waals surface area contributed by atoms with Gasteiger partial charge in [0.2, 0.25) is 5.82 Å². The lowest BCUT2D eigenvalue weighted by Crippen LogP contribution is -2.21. The Hall–Kier alpha value is -2.40. The molecule has 0 radical (unpaired) electrons. The van der Waals surface area contributed by atoms with Crippen molar-refractivity contribution in [2.75, 3.05) is 13.1 Å². The normalized spacial score (nSPS) is 15.4. The fourth-order valence-electron chi connectivity index (χ4n) is 2.79. The highest BCUT2D eigenvalue weighted by Gasteiger charge is 2.17. The highest BCUT2D eigenvalue weighted by atomic mass is 16.5. The molecule has 1 aliphatic heterocycles. The summed E-state index contributed by atoms with van der Waals surface area (Å²) < 4.78 is 7.52. The quantitative estimate of drug-likeness (QED) is 0.784. The number of hydrogen-bond donors (Lipinski definition) is 1. The first-order chi connectivity index (χ1) is 10.3. The summed E-state index contributed by atoms with van der Waals surface area (Å²) in [5.74, 6) is 1.26. The molecule has 3 heterocycles. The number of aryl methyl sites for hydroxylation is 1.